The highest BCUT2D eigenvalue weighted by Gasteiger charge is 2.12. The fraction of sp³-hybridized carbons (Fsp3) is 0.571. The van der Waals surface area contributed by atoms with Crippen LogP contribution in [0.2, 0.25) is 0 Å². The van der Waals surface area contributed by atoms with Gasteiger partial charge in [-0.25, -0.2) is 0 Å². The molecule has 7 nitrogen and oxygen atoms in total. The van der Waals surface area contributed by atoms with Crippen LogP contribution in [-0.4, -0.2) is 42.7 Å². The van der Waals surface area contributed by atoms with E-state index in [9.17, 15) is 4.79 Å². The summed E-state index contributed by atoms with van der Waals surface area (Å²) in [4.78, 5) is 11.7. The van der Waals surface area contributed by atoms with Gasteiger partial charge in [0, 0.05) is 19.8 Å². The van der Waals surface area contributed by atoms with Crippen molar-refractivity contribution < 1.29 is 4.79 Å². The maximum Gasteiger partial charge on any atom is 0.230 e. The van der Waals surface area contributed by atoms with Crippen LogP contribution >= 0.6 is 11.8 Å². The lowest BCUT2D eigenvalue weighted by atomic mass is 10.2. The van der Waals surface area contributed by atoms with Gasteiger partial charge in [0.1, 0.15) is 6.54 Å². The van der Waals surface area contributed by atoms with Gasteiger partial charge in [0.05, 0.1) is 11.4 Å². The van der Waals surface area contributed by atoms with E-state index in [1.54, 1.807) is 0 Å². The van der Waals surface area contributed by atoms with Crippen molar-refractivity contribution in [1.82, 2.24) is 29.9 Å². The molecule has 8 heteroatoms. The van der Waals surface area contributed by atoms with Crippen molar-refractivity contribution >= 4 is 17.7 Å². The zero-order valence-electron chi connectivity index (χ0n) is 13.4. The number of hydrogen-bond acceptors (Lipinski definition) is 5. The molecule has 22 heavy (non-hydrogen) atoms. The van der Waals surface area contributed by atoms with Crippen molar-refractivity contribution in [2.24, 2.45) is 13.0 Å². The Kier molecular flexibility index (Phi) is 5.59. The molecule has 0 atom stereocenters. The van der Waals surface area contributed by atoms with Crippen molar-refractivity contribution in [1.29, 1.82) is 0 Å². The second kappa shape index (κ2) is 7.44. The van der Waals surface area contributed by atoms with Crippen LogP contribution in [0.1, 0.15) is 25.4 Å². The van der Waals surface area contributed by atoms with Gasteiger partial charge in [-0.05, 0) is 18.9 Å². The van der Waals surface area contributed by atoms with Crippen LogP contribution in [0, 0.1) is 12.8 Å². The minimum atomic E-state index is 0.0194. The van der Waals surface area contributed by atoms with E-state index < -0.39 is 0 Å². The second-order valence-corrected chi connectivity index (χ2v) is 6.54. The zero-order chi connectivity index (χ0) is 16.1. The summed E-state index contributed by atoms with van der Waals surface area (Å²) in [5.41, 5.74) is 0.971. The summed E-state index contributed by atoms with van der Waals surface area (Å²) in [6.07, 6.45) is 1.91. The maximum absolute atomic E-state index is 11.7. The van der Waals surface area contributed by atoms with Gasteiger partial charge >= 0.3 is 0 Å². The molecule has 0 aliphatic heterocycles. The maximum atomic E-state index is 11.7. The molecule has 2 aromatic heterocycles. The minimum absolute atomic E-state index is 0.0194. The lowest BCUT2D eigenvalue weighted by Crippen LogP contribution is -2.28. The third-order valence-corrected chi connectivity index (χ3v) is 4.06. The molecule has 0 radical (unpaired) electrons. The molecule has 0 fully saturated rings. The van der Waals surface area contributed by atoms with Crippen LogP contribution in [0.25, 0.3) is 0 Å². The summed E-state index contributed by atoms with van der Waals surface area (Å²) in [7, 11) is 1.90. The van der Waals surface area contributed by atoms with Crippen LogP contribution in [0.4, 0.5) is 0 Å². The quantitative estimate of drug-likeness (QED) is 0.776. The fourth-order valence-corrected chi connectivity index (χ4v) is 2.56. The van der Waals surface area contributed by atoms with Gasteiger partial charge in [-0.2, -0.15) is 5.10 Å². The number of nitrogens with zero attached hydrogens (tertiary/aromatic N) is 5. The number of aromatic nitrogens is 5. The van der Waals surface area contributed by atoms with E-state index in [2.05, 4.69) is 34.5 Å². The van der Waals surface area contributed by atoms with Crippen LogP contribution in [-0.2, 0) is 18.4 Å². The predicted octanol–water partition coefficient (Wildman–Crippen LogP) is 1.23. The molecule has 0 aliphatic rings. The first-order chi connectivity index (χ1) is 10.5. The summed E-state index contributed by atoms with van der Waals surface area (Å²) in [5.74, 6) is 1.63. The lowest BCUT2D eigenvalue weighted by molar-refractivity contribution is -0.118. The lowest BCUT2D eigenvalue weighted by Gasteiger charge is -2.07. The van der Waals surface area contributed by atoms with E-state index in [0.717, 1.165) is 16.7 Å². The standard InChI is InChI=1S/C14H22N6OS/c1-10(2)7-15-13(21)9-22-14-17-16-12(19(14)4)8-20-6-5-11(3)18-20/h5-6,10H,7-9H2,1-4H3,(H,15,21). The van der Waals surface area contributed by atoms with E-state index in [-0.39, 0.29) is 5.91 Å². The molecule has 0 saturated heterocycles. The molecule has 2 aromatic rings. The van der Waals surface area contributed by atoms with Crippen molar-refractivity contribution in [3.8, 4) is 0 Å². The molecule has 120 valence electrons. The highest BCUT2D eigenvalue weighted by molar-refractivity contribution is 7.99. The largest absolute Gasteiger partial charge is 0.355 e. The number of nitrogens with one attached hydrogen (secondary N) is 1. The molecule has 0 bridgehead atoms. The fourth-order valence-electron chi connectivity index (χ4n) is 1.80. The third kappa shape index (κ3) is 4.59. The van der Waals surface area contributed by atoms with E-state index >= 15 is 0 Å². The van der Waals surface area contributed by atoms with Gasteiger partial charge in [0.15, 0.2) is 11.0 Å². The van der Waals surface area contributed by atoms with Crippen molar-refractivity contribution in [3.05, 3.63) is 23.8 Å². The first-order valence-corrected chi connectivity index (χ1v) is 8.22. The van der Waals surface area contributed by atoms with Crippen molar-refractivity contribution in [2.75, 3.05) is 12.3 Å². The van der Waals surface area contributed by atoms with Gasteiger partial charge in [0.25, 0.3) is 0 Å². The zero-order valence-corrected chi connectivity index (χ0v) is 14.2. The predicted molar refractivity (Wildman–Crippen MR) is 85.6 cm³/mol. The number of rotatable bonds is 7. The first-order valence-electron chi connectivity index (χ1n) is 7.23. The molecule has 0 aliphatic carbocycles. The molecular weight excluding hydrogens is 300 g/mol. The van der Waals surface area contributed by atoms with E-state index in [0.29, 0.717) is 24.8 Å². The van der Waals surface area contributed by atoms with Crippen LogP contribution < -0.4 is 5.32 Å². The normalized spacial score (nSPS) is 11.1. The monoisotopic (exact) mass is 322 g/mol. The summed E-state index contributed by atoms with van der Waals surface area (Å²) in [5, 5.41) is 16.3. The topological polar surface area (TPSA) is 77.6 Å². The van der Waals surface area contributed by atoms with E-state index in [1.807, 2.05) is 35.5 Å². The van der Waals surface area contributed by atoms with Crippen molar-refractivity contribution in [2.45, 2.75) is 32.5 Å². The average molecular weight is 322 g/mol. The summed E-state index contributed by atoms with van der Waals surface area (Å²) in [6.45, 7) is 7.35. The molecule has 0 aromatic carbocycles. The molecule has 1 amide bonds. The van der Waals surface area contributed by atoms with E-state index in [4.69, 9.17) is 0 Å². The number of thioether (sulfide) groups is 1. The minimum Gasteiger partial charge on any atom is -0.355 e. The molecule has 0 spiro atoms. The van der Waals surface area contributed by atoms with Crippen LogP contribution in [0.15, 0.2) is 17.4 Å². The Hall–Kier alpha value is -1.83. The Morgan fingerprint density at radius 2 is 2.18 bits per heavy atom. The number of carbonyl (C=O) groups excluding carboxylic acids is 1. The Morgan fingerprint density at radius 3 is 2.82 bits per heavy atom. The van der Waals surface area contributed by atoms with Gasteiger partial charge in [-0.1, -0.05) is 25.6 Å². The van der Waals surface area contributed by atoms with Gasteiger partial charge in [-0.3, -0.25) is 9.48 Å². The highest BCUT2D eigenvalue weighted by Crippen LogP contribution is 2.15. The Labute approximate surface area is 134 Å². The van der Waals surface area contributed by atoms with E-state index in [1.165, 1.54) is 11.8 Å². The summed E-state index contributed by atoms with van der Waals surface area (Å²) >= 11 is 1.39. The highest BCUT2D eigenvalue weighted by atomic mass is 32.2. The number of carbonyl (C=O) groups is 1. The molecular formula is C14H22N6OS. The Bertz CT molecular complexity index is 633. The average Bonchev–Trinajstić information content (AvgIpc) is 3.02. The summed E-state index contributed by atoms with van der Waals surface area (Å²) in [6, 6.07) is 1.95. The van der Waals surface area contributed by atoms with Crippen LogP contribution in [0.5, 0.6) is 0 Å². The number of amides is 1. The summed E-state index contributed by atoms with van der Waals surface area (Å²) < 4.78 is 3.72. The first kappa shape index (κ1) is 16.5. The van der Waals surface area contributed by atoms with Gasteiger partial charge in [-0.15, -0.1) is 10.2 Å². The molecule has 0 unspecified atom stereocenters. The smallest absolute Gasteiger partial charge is 0.230 e. The molecule has 0 saturated carbocycles. The number of aryl methyl sites for hydroxylation is 1. The van der Waals surface area contributed by atoms with Gasteiger partial charge < -0.3 is 9.88 Å². The second-order valence-electron chi connectivity index (χ2n) is 5.60. The molecule has 1 N–H and O–H groups in total. The Morgan fingerprint density at radius 1 is 1.41 bits per heavy atom. The number of hydrogen-bond donors (Lipinski definition) is 1. The molecule has 2 heterocycles. The molecule has 2 rings (SSSR count). The van der Waals surface area contributed by atoms with Crippen LogP contribution in [0.3, 0.4) is 0 Å². The third-order valence-electron chi connectivity index (χ3n) is 3.04. The van der Waals surface area contributed by atoms with Gasteiger partial charge in [0.2, 0.25) is 5.91 Å². The Balaban J connectivity index is 1.89. The SMILES string of the molecule is Cc1ccn(Cc2nnc(SCC(=O)NCC(C)C)n2C)n1. The van der Waals surface area contributed by atoms with Crippen molar-refractivity contribution in [3.63, 3.8) is 0 Å².